The fourth-order valence-electron chi connectivity index (χ4n) is 2.96. The van der Waals surface area contributed by atoms with Crippen LogP contribution < -0.4 is 0 Å². The molecular formula is C10H18O6. The molecule has 0 amide bonds. The molecule has 6 nitrogen and oxygen atoms in total. The first-order chi connectivity index (χ1) is 7.29. The van der Waals surface area contributed by atoms with Crippen molar-refractivity contribution >= 4 is 0 Å². The first-order valence-corrected chi connectivity index (χ1v) is 5.21. The Balaban J connectivity index is 2.35. The molecule has 2 rings (SSSR count). The van der Waals surface area contributed by atoms with Gasteiger partial charge in [0.05, 0.1) is 6.61 Å². The van der Waals surface area contributed by atoms with Gasteiger partial charge >= 0.3 is 0 Å². The molecule has 4 N–H and O–H groups in total. The molecule has 6 heteroatoms. The van der Waals surface area contributed by atoms with E-state index in [1.165, 1.54) is 7.11 Å². The maximum Gasteiger partial charge on any atom is 0.190 e. The SMILES string of the molecule is CO[C@H]1O[C@@H]([C@@H](O)CO)[C@@]2(O)C(C)(C)[C@@]12O. The van der Waals surface area contributed by atoms with Gasteiger partial charge in [-0.05, 0) is 0 Å². The largest absolute Gasteiger partial charge is 0.394 e. The van der Waals surface area contributed by atoms with Crippen LogP contribution in [0.15, 0.2) is 0 Å². The molecule has 0 aromatic carbocycles. The molecule has 0 aromatic rings. The zero-order valence-corrected chi connectivity index (χ0v) is 9.54. The van der Waals surface area contributed by atoms with Gasteiger partial charge in [0.1, 0.15) is 17.8 Å². The van der Waals surface area contributed by atoms with Crippen LogP contribution in [-0.4, -0.2) is 63.8 Å². The molecule has 2 aliphatic rings. The van der Waals surface area contributed by atoms with E-state index in [2.05, 4.69) is 0 Å². The quantitative estimate of drug-likeness (QED) is 0.460. The molecule has 0 radical (unpaired) electrons. The van der Waals surface area contributed by atoms with E-state index in [1.807, 2.05) is 0 Å². The maximum atomic E-state index is 10.4. The molecule has 0 aromatic heterocycles. The molecule has 0 unspecified atom stereocenters. The molecule has 94 valence electrons. The summed E-state index contributed by atoms with van der Waals surface area (Å²) in [6, 6.07) is 0. The lowest BCUT2D eigenvalue weighted by atomic mass is 9.98. The van der Waals surface area contributed by atoms with E-state index < -0.39 is 41.7 Å². The summed E-state index contributed by atoms with van der Waals surface area (Å²) >= 11 is 0. The van der Waals surface area contributed by atoms with Gasteiger partial charge in [0.25, 0.3) is 0 Å². The highest BCUT2D eigenvalue weighted by atomic mass is 16.7. The molecule has 0 bridgehead atoms. The Labute approximate surface area is 93.4 Å². The molecule has 1 saturated carbocycles. The monoisotopic (exact) mass is 234 g/mol. The molecule has 2 fully saturated rings. The second-order valence-electron chi connectivity index (χ2n) is 5.03. The van der Waals surface area contributed by atoms with Crippen molar-refractivity contribution in [3.8, 4) is 0 Å². The van der Waals surface area contributed by atoms with Gasteiger partial charge in [0.2, 0.25) is 0 Å². The van der Waals surface area contributed by atoms with Crippen molar-refractivity contribution in [1.82, 2.24) is 0 Å². The van der Waals surface area contributed by atoms with Crippen molar-refractivity contribution in [3.63, 3.8) is 0 Å². The highest BCUT2D eigenvalue weighted by Gasteiger charge is 2.93. The van der Waals surface area contributed by atoms with Crippen LogP contribution in [0.25, 0.3) is 0 Å². The molecule has 1 saturated heterocycles. The number of aliphatic hydroxyl groups excluding tert-OH is 2. The number of hydrogen-bond acceptors (Lipinski definition) is 6. The molecule has 0 spiro atoms. The third-order valence-corrected chi connectivity index (χ3v) is 4.20. The summed E-state index contributed by atoms with van der Waals surface area (Å²) < 4.78 is 10.2. The van der Waals surface area contributed by atoms with Crippen molar-refractivity contribution in [2.75, 3.05) is 13.7 Å². The van der Waals surface area contributed by atoms with Crippen molar-refractivity contribution in [2.24, 2.45) is 5.41 Å². The van der Waals surface area contributed by atoms with Gasteiger partial charge < -0.3 is 29.9 Å². The fourth-order valence-corrected chi connectivity index (χ4v) is 2.96. The fraction of sp³-hybridized carbons (Fsp3) is 1.00. The number of hydrogen-bond donors (Lipinski definition) is 4. The molecule has 1 heterocycles. The molecule has 1 aliphatic heterocycles. The van der Waals surface area contributed by atoms with Crippen molar-refractivity contribution in [2.45, 2.75) is 43.5 Å². The Hall–Kier alpha value is -0.240. The minimum absolute atomic E-state index is 0.546. The molecule has 1 aliphatic carbocycles. The number of rotatable bonds is 3. The Morgan fingerprint density at radius 2 is 1.88 bits per heavy atom. The minimum Gasteiger partial charge on any atom is -0.394 e. The molecule has 16 heavy (non-hydrogen) atoms. The zero-order chi connectivity index (χ0) is 12.4. The van der Waals surface area contributed by atoms with Crippen LogP contribution in [0, 0.1) is 5.41 Å². The van der Waals surface area contributed by atoms with E-state index in [4.69, 9.17) is 14.6 Å². The van der Waals surface area contributed by atoms with Crippen LogP contribution in [0.1, 0.15) is 13.8 Å². The topological polar surface area (TPSA) is 99.4 Å². The molecular weight excluding hydrogens is 216 g/mol. The average molecular weight is 234 g/mol. The minimum atomic E-state index is -1.59. The van der Waals surface area contributed by atoms with E-state index in [0.717, 1.165) is 0 Å². The standard InChI is InChI=1S/C10H18O6/c1-8(2)9(13)6(5(12)4-11)16-7(15-3)10(8,9)14/h5-7,11-14H,4H2,1-3H3/t5-,6-,7-,9+,10-/m0/s1. The highest BCUT2D eigenvalue weighted by Crippen LogP contribution is 2.73. The Morgan fingerprint density at radius 1 is 1.31 bits per heavy atom. The number of methoxy groups -OCH3 is 1. The highest BCUT2D eigenvalue weighted by molar-refractivity contribution is 5.39. The summed E-state index contributed by atoms with van der Waals surface area (Å²) in [5.41, 5.74) is -3.99. The zero-order valence-electron chi connectivity index (χ0n) is 9.54. The number of ether oxygens (including phenoxy) is 2. The lowest BCUT2D eigenvalue weighted by molar-refractivity contribution is -0.213. The summed E-state index contributed by atoms with van der Waals surface area (Å²) in [5, 5.41) is 39.2. The van der Waals surface area contributed by atoms with E-state index in [-0.39, 0.29) is 0 Å². The van der Waals surface area contributed by atoms with Crippen molar-refractivity contribution in [3.05, 3.63) is 0 Å². The average Bonchev–Trinajstić information content (AvgIpc) is 2.52. The summed E-state index contributed by atoms with van der Waals surface area (Å²) in [6.45, 7) is 2.78. The van der Waals surface area contributed by atoms with E-state index in [9.17, 15) is 15.3 Å². The Kier molecular flexibility index (Phi) is 2.41. The Bertz CT molecular complexity index is 306. The van der Waals surface area contributed by atoms with E-state index in [0.29, 0.717) is 0 Å². The van der Waals surface area contributed by atoms with Crippen LogP contribution in [-0.2, 0) is 9.47 Å². The van der Waals surface area contributed by atoms with Gasteiger partial charge in [-0.25, -0.2) is 0 Å². The number of aliphatic hydroxyl groups is 4. The summed E-state index contributed by atoms with van der Waals surface area (Å²) in [4.78, 5) is 0. The van der Waals surface area contributed by atoms with E-state index in [1.54, 1.807) is 13.8 Å². The van der Waals surface area contributed by atoms with Gasteiger partial charge in [-0.3, -0.25) is 0 Å². The Morgan fingerprint density at radius 3 is 2.25 bits per heavy atom. The van der Waals surface area contributed by atoms with Crippen LogP contribution in [0.3, 0.4) is 0 Å². The van der Waals surface area contributed by atoms with Gasteiger partial charge in [0, 0.05) is 12.5 Å². The second-order valence-corrected chi connectivity index (χ2v) is 5.03. The van der Waals surface area contributed by atoms with Crippen LogP contribution in [0.4, 0.5) is 0 Å². The van der Waals surface area contributed by atoms with Crippen LogP contribution in [0.5, 0.6) is 0 Å². The van der Waals surface area contributed by atoms with Gasteiger partial charge in [-0.1, -0.05) is 13.8 Å². The van der Waals surface area contributed by atoms with Crippen LogP contribution >= 0.6 is 0 Å². The third-order valence-electron chi connectivity index (χ3n) is 4.20. The maximum absolute atomic E-state index is 10.4. The smallest absolute Gasteiger partial charge is 0.190 e. The first-order valence-electron chi connectivity index (χ1n) is 5.21. The van der Waals surface area contributed by atoms with Gasteiger partial charge in [-0.15, -0.1) is 0 Å². The summed E-state index contributed by atoms with van der Waals surface area (Å²) in [7, 11) is 1.35. The number of fused-ring (bicyclic) bond motifs is 1. The van der Waals surface area contributed by atoms with Gasteiger partial charge in [0.15, 0.2) is 11.9 Å². The predicted octanol–water partition coefficient (Wildman–Crippen LogP) is -1.79. The summed E-state index contributed by atoms with van der Waals surface area (Å²) in [5.74, 6) is 0. The van der Waals surface area contributed by atoms with Crippen molar-refractivity contribution < 1.29 is 29.9 Å². The van der Waals surface area contributed by atoms with Crippen LogP contribution in [0.2, 0.25) is 0 Å². The third kappa shape index (κ3) is 0.942. The van der Waals surface area contributed by atoms with Crippen molar-refractivity contribution in [1.29, 1.82) is 0 Å². The lowest BCUT2D eigenvalue weighted by Crippen LogP contribution is -2.44. The van der Waals surface area contributed by atoms with E-state index >= 15 is 0 Å². The predicted molar refractivity (Wildman–Crippen MR) is 52.4 cm³/mol. The summed E-state index contributed by atoms with van der Waals surface area (Å²) in [6.07, 6.45) is -3.31. The first kappa shape index (κ1) is 12.2. The normalized spacial score (nSPS) is 51.2. The van der Waals surface area contributed by atoms with Gasteiger partial charge in [-0.2, -0.15) is 0 Å². The molecule has 5 atom stereocenters. The lowest BCUT2D eigenvalue weighted by Gasteiger charge is -2.28. The second kappa shape index (κ2) is 3.16.